The molecule has 0 aliphatic carbocycles. The van der Waals surface area contributed by atoms with Crippen molar-refractivity contribution in [2.75, 3.05) is 13.1 Å². The minimum Gasteiger partial charge on any atom is -0.388 e. The summed E-state index contributed by atoms with van der Waals surface area (Å²) in [6.07, 6.45) is 2.83. The number of aliphatic hydroxyl groups excluding tert-OH is 2. The van der Waals surface area contributed by atoms with Crippen molar-refractivity contribution in [3.8, 4) is 0 Å². The van der Waals surface area contributed by atoms with E-state index >= 15 is 0 Å². The zero-order chi connectivity index (χ0) is 12.3. The molecule has 5 nitrogen and oxygen atoms in total. The van der Waals surface area contributed by atoms with Crippen LogP contribution in [0.5, 0.6) is 0 Å². The molecule has 0 saturated carbocycles. The predicted octanol–water partition coefficient (Wildman–Crippen LogP) is -0.422. The summed E-state index contributed by atoms with van der Waals surface area (Å²) < 4.78 is 0. The highest BCUT2D eigenvalue weighted by Gasteiger charge is 2.31. The molecule has 2 N–H and O–H groups in total. The van der Waals surface area contributed by atoms with E-state index < -0.39 is 12.2 Å². The van der Waals surface area contributed by atoms with Crippen molar-refractivity contribution in [2.24, 2.45) is 0 Å². The van der Waals surface area contributed by atoms with Gasteiger partial charge >= 0.3 is 0 Å². The third kappa shape index (κ3) is 3.01. The topological polar surface area (TPSA) is 73.7 Å². The summed E-state index contributed by atoms with van der Waals surface area (Å²) in [5, 5.41) is 18.7. The monoisotopic (exact) mass is 236 g/mol. The molecular weight excluding hydrogens is 220 g/mol. The quantitative estimate of drug-likeness (QED) is 0.747. The lowest BCUT2D eigenvalue weighted by Gasteiger charge is -2.15. The van der Waals surface area contributed by atoms with Crippen LogP contribution in [0.25, 0.3) is 0 Å². The molecule has 1 amide bonds. The maximum atomic E-state index is 11.8. The number of aromatic nitrogens is 1. The molecule has 0 radical (unpaired) electrons. The van der Waals surface area contributed by atoms with E-state index in [0.29, 0.717) is 12.8 Å². The second-order valence-electron chi connectivity index (χ2n) is 4.29. The zero-order valence-electron chi connectivity index (χ0n) is 9.49. The van der Waals surface area contributed by atoms with Gasteiger partial charge in [0.2, 0.25) is 5.91 Å². The summed E-state index contributed by atoms with van der Waals surface area (Å²) in [5.41, 5.74) is 1.06. The number of carbonyl (C=O) groups is 1. The fraction of sp³-hybridized carbons (Fsp3) is 0.500. The summed E-state index contributed by atoms with van der Waals surface area (Å²) in [6, 6.07) is 3.75. The maximum absolute atomic E-state index is 11.8. The van der Waals surface area contributed by atoms with Gasteiger partial charge in [-0.15, -0.1) is 0 Å². The molecule has 0 bridgehead atoms. The average molecular weight is 236 g/mol. The van der Waals surface area contributed by atoms with Crippen LogP contribution in [0.4, 0.5) is 0 Å². The van der Waals surface area contributed by atoms with Crippen LogP contribution >= 0.6 is 0 Å². The average Bonchev–Trinajstić information content (AvgIpc) is 2.68. The van der Waals surface area contributed by atoms with Crippen molar-refractivity contribution in [3.63, 3.8) is 0 Å². The lowest BCUT2D eigenvalue weighted by atomic mass is 10.1. The van der Waals surface area contributed by atoms with E-state index in [-0.39, 0.29) is 19.0 Å². The molecule has 1 aliphatic heterocycles. The van der Waals surface area contributed by atoms with Gasteiger partial charge in [-0.05, 0) is 24.1 Å². The van der Waals surface area contributed by atoms with Gasteiger partial charge in [0.25, 0.3) is 0 Å². The standard InChI is InChI=1S/C12H16N2O3/c15-10-7-14(8-11(10)16)12(17)2-1-9-3-5-13-6-4-9/h3-6,10-11,15-16H,1-2,7-8H2/t10-,11-/m1/s1. The summed E-state index contributed by atoms with van der Waals surface area (Å²) in [7, 11) is 0. The Hall–Kier alpha value is -1.46. The number of hydrogen-bond donors (Lipinski definition) is 2. The Morgan fingerprint density at radius 1 is 1.29 bits per heavy atom. The lowest BCUT2D eigenvalue weighted by molar-refractivity contribution is -0.130. The smallest absolute Gasteiger partial charge is 0.223 e. The first-order chi connectivity index (χ1) is 8.16. The normalized spacial score (nSPS) is 24.0. The van der Waals surface area contributed by atoms with Crippen LogP contribution in [0.15, 0.2) is 24.5 Å². The van der Waals surface area contributed by atoms with Crippen molar-refractivity contribution in [1.82, 2.24) is 9.88 Å². The van der Waals surface area contributed by atoms with E-state index in [0.717, 1.165) is 5.56 Å². The van der Waals surface area contributed by atoms with Gasteiger partial charge in [0.1, 0.15) is 0 Å². The Morgan fingerprint density at radius 3 is 2.47 bits per heavy atom. The number of hydrogen-bond acceptors (Lipinski definition) is 4. The lowest BCUT2D eigenvalue weighted by Crippen LogP contribution is -2.29. The van der Waals surface area contributed by atoms with Gasteiger partial charge in [0.15, 0.2) is 0 Å². The van der Waals surface area contributed by atoms with E-state index in [2.05, 4.69) is 4.98 Å². The van der Waals surface area contributed by atoms with E-state index in [4.69, 9.17) is 0 Å². The van der Waals surface area contributed by atoms with Gasteiger partial charge in [-0.1, -0.05) is 0 Å². The van der Waals surface area contributed by atoms with Crippen molar-refractivity contribution in [1.29, 1.82) is 0 Å². The van der Waals surface area contributed by atoms with Crippen molar-refractivity contribution in [3.05, 3.63) is 30.1 Å². The van der Waals surface area contributed by atoms with Crippen LogP contribution in [0.3, 0.4) is 0 Å². The molecular formula is C12H16N2O3. The Bertz CT molecular complexity index is 373. The molecule has 0 spiro atoms. The number of rotatable bonds is 3. The number of pyridine rings is 1. The maximum Gasteiger partial charge on any atom is 0.223 e. The first-order valence-electron chi connectivity index (χ1n) is 5.69. The minimum absolute atomic E-state index is 0.0302. The number of likely N-dealkylation sites (tertiary alicyclic amines) is 1. The molecule has 0 aromatic carbocycles. The van der Waals surface area contributed by atoms with Gasteiger partial charge in [0, 0.05) is 31.9 Å². The number of nitrogens with zero attached hydrogens (tertiary/aromatic N) is 2. The van der Waals surface area contributed by atoms with Crippen molar-refractivity contribution < 1.29 is 15.0 Å². The van der Waals surface area contributed by atoms with Gasteiger partial charge in [-0.25, -0.2) is 0 Å². The molecule has 1 aliphatic rings. The van der Waals surface area contributed by atoms with Gasteiger partial charge in [-0.3, -0.25) is 9.78 Å². The second-order valence-corrected chi connectivity index (χ2v) is 4.29. The fourth-order valence-electron chi connectivity index (χ4n) is 1.93. The molecule has 5 heteroatoms. The van der Waals surface area contributed by atoms with E-state index in [1.807, 2.05) is 12.1 Å². The van der Waals surface area contributed by atoms with Crippen LogP contribution in [-0.2, 0) is 11.2 Å². The molecule has 1 fully saturated rings. The van der Waals surface area contributed by atoms with Crippen molar-refractivity contribution in [2.45, 2.75) is 25.0 Å². The molecule has 17 heavy (non-hydrogen) atoms. The molecule has 1 saturated heterocycles. The fourth-order valence-corrected chi connectivity index (χ4v) is 1.93. The molecule has 92 valence electrons. The van der Waals surface area contributed by atoms with Crippen molar-refractivity contribution >= 4 is 5.91 Å². The second kappa shape index (κ2) is 5.25. The van der Waals surface area contributed by atoms with E-state index in [9.17, 15) is 15.0 Å². The summed E-state index contributed by atoms with van der Waals surface area (Å²) in [5.74, 6) is -0.0302. The van der Waals surface area contributed by atoms with E-state index in [1.165, 1.54) is 4.90 Å². The molecule has 2 rings (SSSR count). The van der Waals surface area contributed by atoms with Crippen LogP contribution in [0.2, 0.25) is 0 Å². The first kappa shape index (κ1) is 12.0. The highest BCUT2D eigenvalue weighted by molar-refractivity contribution is 5.76. The highest BCUT2D eigenvalue weighted by atomic mass is 16.3. The number of carbonyl (C=O) groups excluding carboxylic acids is 1. The highest BCUT2D eigenvalue weighted by Crippen LogP contribution is 2.12. The Labute approximate surface area is 99.7 Å². The molecule has 0 unspecified atom stereocenters. The summed E-state index contributed by atoms with van der Waals surface area (Å²) in [4.78, 5) is 17.2. The molecule has 2 heterocycles. The summed E-state index contributed by atoms with van der Waals surface area (Å²) >= 11 is 0. The first-order valence-corrected chi connectivity index (χ1v) is 5.69. The van der Waals surface area contributed by atoms with Gasteiger partial charge < -0.3 is 15.1 Å². The van der Waals surface area contributed by atoms with E-state index in [1.54, 1.807) is 12.4 Å². The van der Waals surface area contributed by atoms with Crippen LogP contribution in [0.1, 0.15) is 12.0 Å². The Kier molecular flexibility index (Phi) is 3.71. The van der Waals surface area contributed by atoms with Crippen LogP contribution in [-0.4, -0.2) is 51.3 Å². The third-order valence-corrected chi connectivity index (χ3v) is 2.99. The number of aliphatic hydroxyl groups is 2. The molecule has 1 aromatic heterocycles. The van der Waals surface area contributed by atoms with Crippen LogP contribution < -0.4 is 0 Å². The summed E-state index contributed by atoms with van der Waals surface area (Å²) in [6.45, 7) is 0.465. The van der Waals surface area contributed by atoms with Gasteiger partial charge in [-0.2, -0.15) is 0 Å². The number of aryl methyl sites for hydroxylation is 1. The zero-order valence-corrected chi connectivity index (χ0v) is 9.49. The molecule has 1 aromatic rings. The Balaban J connectivity index is 1.82. The predicted molar refractivity (Wildman–Crippen MR) is 61.2 cm³/mol. The minimum atomic E-state index is -0.806. The SMILES string of the molecule is O=C(CCc1ccncc1)N1C[C@@H](O)[C@H](O)C1. The molecule has 2 atom stereocenters. The number of amides is 1. The Morgan fingerprint density at radius 2 is 1.88 bits per heavy atom. The third-order valence-electron chi connectivity index (χ3n) is 2.99. The van der Waals surface area contributed by atoms with Crippen LogP contribution in [0, 0.1) is 0 Å². The number of β-amino-alcohol motifs (C(OH)–C–C–N with tert-alkyl or cyclic N) is 2. The largest absolute Gasteiger partial charge is 0.388 e. The van der Waals surface area contributed by atoms with Gasteiger partial charge in [0.05, 0.1) is 12.2 Å².